The molecule has 0 saturated heterocycles. The molecule has 0 aliphatic carbocycles. The Hall–Kier alpha value is -1.19. The summed E-state index contributed by atoms with van der Waals surface area (Å²) in [5, 5.41) is 14.3. The van der Waals surface area contributed by atoms with E-state index in [1.807, 2.05) is 11.4 Å². The van der Waals surface area contributed by atoms with Crippen LogP contribution in [0.5, 0.6) is 0 Å². The smallest absolute Gasteiger partial charge is 0.227 e. The molecule has 2 heterocycles. The zero-order valence-electron chi connectivity index (χ0n) is 8.31. The first-order chi connectivity index (χ1) is 7.79. The number of nitriles is 1. The second-order valence-electron chi connectivity index (χ2n) is 3.15. The molecule has 0 bridgehead atoms. The summed E-state index contributed by atoms with van der Waals surface area (Å²) in [6.45, 7) is 0. The van der Waals surface area contributed by atoms with Crippen LogP contribution in [0.1, 0.15) is 18.7 Å². The highest BCUT2D eigenvalue weighted by Crippen LogP contribution is 2.27. The Bertz CT molecular complexity index is 514. The lowest BCUT2D eigenvalue weighted by molar-refractivity contribution is 0.376. The van der Waals surface area contributed by atoms with Crippen molar-refractivity contribution >= 4 is 27.3 Å². The minimum Gasteiger partial charge on any atom is -0.339 e. The lowest BCUT2D eigenvalue weighted by Crippen LogP contribution is -1.84. The summed E-state index contributed by atoms with van der Waals surface area (Å²) in [4.78, 5) is 5.24. The molecular formula is C10H8BrN3OS. The molecule has 6 heteroatoms. The van der Waals surface area contributed by atoms with Gasteiger partial charge in [0.05, 0.1) is 10.9 Å². The van der Waals surface area contributed by atoms with Gasteiger partial charge in [-0.25, -0.2) is 0 Å². The second-order valence-corrected chi connectivity index (χ2v) is 4.98. The summed E-state index contributed by atoms with van der Waals surface area (Å²) in [5.41, 5.74) is 0. The minimum atomic E-state index is 0.516. The second kappa shape index (κ2) is 5.23. The normalized spacial score (nSPS) is 10.2. The third-order valence-corrected chi connectivity index (χ3v) is 3.62. The maximum Gasteiger partial charge on any atom is 0.227 e. The molecule has 0 radical (unpaired) electrons. The van der Waals surface area contributed by atoms with Gasteiger partial charge in [0.1, 0.15) is 0 Å². The van der Waals surface area contributed by atoms with E-state index in [0.717, 1.165) is 15.8 Å². The Balaban J connectivity index is 2.05. The van der Waals surface area contributed by atoms with Crippen molar-refractivity contribution in [1.29, 1.82) is 5.26 Å². The van der Waals surface area contributed by atoms with E-state index in [4.69, 9.17) is 9.78 Å². The Morgan fingerprint density at radius 2 is 2.44 bits per heavy atom. The van der Waals surface area contributed by atoms with Gasteiger partial charge in [-0.1, -0.05) is 5.16 Å². The van der Waals surface area contributed by atoms with Gasteiger partial charge in [0.25, 0.3) is 0 Å². The van der Waals surface area contributed by atoms with Crippen molar-refractivity contribution in [2.45, 2.75) is 19.3 Å². The van der Waals surface area contributed by atoms with Crippen LogP contribution >= 0.6 is 27.3 Å². The van der Waals surface area contributed by atoms with Crippen LogP contribution in [0.2, 0.25) is 0 Å². The van der Waals surface area contributed by atoms with E-state index in [1.54, 1.807) is 11.3 Å². The summed E-state index contributed by atoms with van der Waals surface area (Å²) >= 11 is 4.94. The predicted octanol–water partition coefficient (Wildman–Crippen LogP) is 3.41. The quantitative estimate of drug-likeness (QED) is 0.811. The molecule has 0 unspecified atom stereocenters. The maximum absolute atomic E-state index is 8.41. The molecule has 4 nitrogen and oxygen atoms in total. The molecule has 0 N–H and O–H groups in total. The summed E-state index contributed by atoms with van der Waals surface area (Å²) in [7, 11) is 0. The molecule has 16 heavy (non-hydrogen) atoms. The first-order valence-corrected chi connectivity index (χ1v) is 6.41. The molecule has 0 aliphatic heterocycles. The summed E-state index contributed by atoms with van der Waals surface area (Å²) < 4.78 is 6.11. The Labute approximate surface area is 105 Å². The summed E-state index contributed by atoms with van der Waals surface area (Å²) in [6, 6.07) is 4.04. The fourth-order valence-electron chi connectivity index (χ4n) is 1.21. The van der Waals surface area contributed by atoms with Gasteiger partial charge in [0.15, 0.2) is 0 Å². The van der Waals surface area contributed by atoms with Crippen molar-refractivity contribution in [2.24, 2.45) is 0 Å². The number of unbranched alkanes of at least 4 members (excludes halogenated alkanes) is 1. The predicted molar refractivity (Wildman–Crippen MR) is 63.9 cm³/mol. The monoisotopic (exact) mass is 297 g/mol. The van der Waals surface area contributed by atoms with Crippen molar-refractivity contribution in [3.05, 3.63) is 21.8 Å². The molecule has 0 saturated carbocycles. The molecule has 2 aromatic heterocycles. The van der Waals surface area contributed by atoms with Crippen LogP contribution in [0.3, 0.4) is 0 Å². The van der Waals surface area contributed by atoms with E-state index >= 15 is 0 Å². The highest BCUT2D eigenvalue weighted by atomic mass is 79.9. The van der Waals surface area contributed by atoms with Crippen molar-refractivity contribution in [1.82, 2.24) is 10.1 Å². The first-order valence-electron chi connectivity index (χ1n) is 4.73. The zero-order valence-corrected chi connectivity index (χ0v) is 10.7. The van der Waals surface area contributed by atoms with Crippen LogP contribution in [-0.4, -0.2) is 10.1 Å². The number of rotatable bonds is 4. The average Bonchev–Trinajstić information content (AvgIpc) is 2.87. The van der Waals surface area contributed by atoms with Crippen molar-refractivity contribution in [3.63, 3.8) is 0 Å². The van der Waals surface area contributed by atoms with Gasteiger partial charge >= 0.3 is 0 Å². The van der Waals surface area contributed by atoms with E-state index in [1.165, 1.54) is 0 Å². The van der Waals surface area contributed by atoms with Crippen LogP contribution in [-0.2, 0) is 6.42 Å². The molecule has 0 aromatic carbocycles. The third kappa shape index (κ3) is 2.68. The van der Waals surface area contributed by atoms with E-state index in [2.05, 4.69) is 32.1 Å². The number of halogens is 1. The number of aryl methyl sites for hydroxylation is 1. The lowest BCUT2D eigenvalue weighted by Gasteiger charge is -1.86. The molecular weight excluding hydrogens is 290 g/mol. The van der Waals surface area contributed by atoms with Crippen LogP contribution in [0.4, 0.5) is 0 Å². The van der Waals surface area contributed by atoms with Crippen LogP contribution in [0, 0.1) is 11.3 Å². The van der Waals surface area contributed by atoms with E-state index in [9.17, 15) is 0 Å². The molecule has 2 rings (SSSR count). The van der Waals surface area contributed by atoms with Gasteiger partial charge in [-0.05, 0) is 28.4 Å². The number of thiophene rings is 1. The zero-order chi connectivity index (χ0) is 11.4. The van der Waals surface area contributed by atoms with Gasteiger partial charge in [-0.3, -0.25) is 0 Å². The SMILES string of the molecule is N#CCCCc1nc(-c2cc(Br)cs2)no1. The Morgan fingerprint density at radius 3 is 3.12 bits per heavy atom. The average molecular weight is 298 g/mol. The Kier molecular flexibility index (Phi) is 3.70. The largest absolute Gasteiger partial charge is 0.339 e. The van der Waals surface area contributed by atoms with Gasteiger partial charge in [0, 0.05) is 22.7 Å². The molecule has 0 spiro atoms. The maximum atomic E-state index is 8.41. The minimum absolute atomic E-state index is 0.516. The lowest BCUT2D eigenvalue weighted by atomic mass is 10.2. The molecule has 82 valence electrons. The Morgan fingerprint density at radius 1 is 1.56 bits per heavy atom. The van der Waals surface area contributed by atoms with E-state index in [0.29, 0.717) is 24.6 Å². The van der Waals surface area contributed by atoms with Crippen LogP contribution in [0.15, 0.2) is 20.4 Å². The molecule has 2 aromatic rings. The fourth-order valence-corrected chi connectivity index (χ4v) is 2.56. The standard InChI is InChI=1S/C10H8BrN3OS/c11-7-5-8(16-6-7)10-13-9(15-14-10)3-1-2-4-12/h5-6H,1-3H2. The fraction of sp³-hybridized carbons (Fsp3) is 0.300. The van der Waals surface area contributed by atoms with Gasteiger partial charge < -0.3 is 4.52 Å². The van der Waals surface area contributed by atoms with Gasteiger partial charge in [0.2, 0.25) is 11.7 Å². The molecule has 0 aliphatic rings. The molecule has 0 fully saturated rings. The van der Waals surface area contributed by atoms with Crippen LogP contribution < -0.4 is 0 Å². The number of aromatic nitrogens is 2. The molecule has 0 atom stereocenters. The number of hydrogen-bond donors (Lipinski definition) is 0. The van der Waals surface area contributed by atoms with Gasteiger partial charge in [-0.2, -0.15) is 10.2 Å². The topological polar surface area (TPSA) is 62.7 Å². The highest BCUT2D eigenvalue weighted by molar-refractivity contribution is 9.10. The summed E-state index contributed by atoms with van der Waals surface area (Å²) in [5.74, 6) is 1.21. The van der Waals surface area contributed by atoms with Gasteiger partial charge in [-0.15, -0.1) is 11.3 Å². The van der Waals surface area contributed by atoms with E-state index in [-0.39, 0.29) is 0 Å². The molecule has 0 amide bonds. The first kappa shape index (κ1) is 11.3. The number of nitrogens with zero attached hydrogens (tertiary/aromatic N) is 3. The van der Waals surface area contributed by atoms with Crippen molar-refractivity contribution in [2.75, 3.05) is 0 Å². The van der Waals surface area contributed by atoms with Crippen LogP contribution in [0.25, 0.3) is 10.7 Å². The third-order valence-electron chi connectivity index (χ3n) is 1.94. The van der Waals surface area contributed by atoms with Crippen molar-refractivity contribution in [3.8, 4) is 16.8 Å². The van der Waals surface area contributed by atoms with E-state index < -0.39 is 0 Å². The summed E-state index contributed by atoms with van der Waals surface area (Å²) in [6.07, 6.45) is 1.93. The van der Waals surface area contributed by atoms with Crippen molar-refractivity contribution < 1.29 is 4.52 Å². The highest BCUT2D eigenvalue weighted by Gasteiger charge is 2.09. The number of hydrogen-bond acceptors (Lipinski definition) is 5.